The monoisotopic (exact) mass is 296 g/mol. The average Bonchev–Trinajstić information content (AvgIpc) is 3.11. The molecule has 4 rings (SSSR count). The Balaban J connectivity index is 1.61. The first-order valence-corrected chi connectivity index (χ1v) is 7.18. The zero-order valence-electron chi connectivity index (χ0n) is 12.5. The highest BCUT2D eigenvalue weighted by Crippen LogP contribution is 2.20. The molecule has 0 saturated heterocycles. The van der Waals surface area contributed by atoms with Crippen molar-refractivity contribution in [3.05, 3.63) is 57.7 Å². The van der Waals surface area contributed by atoms with E-state index < -0.39 is 0 Å². The van der Waals surface area contributed by atoms with E-state index in [0.29, 0.717) is 13.1 Å². The smallest absolute Gasteiger partial charge is 0.258 e. The van der Waals surface area contributed by atoms with E-state index in [0.717, 1.165) is 34.8 Å². The summed E-state index contributed by atoms with van der Waals surface area (Å²) in [7, 11) is 1.77. The molecule has 3 aromatic rings. The maximum absolute atomic E-state index is 12.3. The third-order valence-corrected chi connectivity index (χ3v) is 4.20. The van der Waals surface area contributed by atoms with Gasteiger partial charge in [0.25, 0.3) is 5.56 Å². The molecule has 1 aliphatic rings. The van der Waals surface area contributed by atoms with Crippen molar-refractivity contribution in [1.82, 2.24) is 29.0 Å². The standard InChI is InChI=1S/C15H16N6O/c1-10-18-13-8-20(7-12(13)15(22)19(10)2)6-11-3-4-21-14(5-11)16-9-17-21/h3-5,9H,6-8H2,1-2H3. The first kappa shape index (κ1) is 13.1. The summed E-state index contributed by atoms with van der Waals surface area (Å²) in [6.07, 6.45) is 3.45. The van der Waals surface area contributed by atoms with Crippen LogP contribution in [0.4, 0.5) is 0 Å². The summed E-state index contributed by atoms with van der Waals surface area (Å²) in [5.74, 6) is 0.760. The molecule has 7 heteroatoms. The maximum Gasteiger partial charge on any atom is 0.258 e. The van der Waals surface area contributed by atoms with Crippen LogP contribution < -0.4 is 5.56 Å². The molecule has 0 saturated carbocycles. The highest BCUT2D eigenvalue weighted by molar-refractivity contribution is 5.39. The lowest BCUT2D eigenvalue weighted by molar-refractivity contribution is 0.273. The van der Waals surface area contributed by atoms with Crippen LogP contribution in [0.15, 0.2) is 29.5 Å². The molecule has 4 heterocycles. The van der Waals surface area contributed by atoms with Crippen LogP contribution in [-0.2, 0) is 26.7 Å². The van der Waals surface area contributed by atoms with Gasteiger partial charge in [-0.2, -0.15) is 5.10 Å². The number of aromatic nitrogens is 5. The quantitative estimate of drug-likeness (QED) is 0.694. The summed E-state index contributed by atoms with van der Waals surface area (Å²) < 4.78 is 3.35. The predicted octanol–water partition coefficient (Wildman–Crippen LogP) is 0.647. The average molecular weight is 296 g/mol. The van der Waals surface area contributed by atoms with Gasteiger partial charge >= 0.3 is 0 Å². The zero-order chi connectivity index (χ0) is 15.3. The highest BCUT2D eigenvalue weighted by atomic mass is 16.1. The number of rotatable bonds is 2. The van der Waals surface area contributed by atoms with Crippen LogP contribution in [0.1, 0.15) is 22.6 Å². The van der Waals surface area contributed by atoms with Gasteiger partial charge in [-0.05, 0) is 24.6 Å². The van der Waals surface area contributed by atoms with Crippen molar-refractivity contribution in [1.29, 1.82) is 0 Å². The Bertz CT molecular complexity index is 925. The van der Waals surface area contributed by atoms with E-state index in [2.05, 4.69) is 20.0 Å². The summed E-state index contributed by atoms with van der Waals surface area (Å²) in [5.41, 5.74) is 3.78. The molecule has 7 nitrogen and oxygen atoms in total. The third kappa shape index (κ3) is 2.01. The minimum absolute atomic E-state index is 0.0675. The van der Waals surface area contributed by atoms with Crippen LogP contribution in [0.3, 0.4) is 0 Å². The van der Waals surface area contributed by atoms with Crippen LogP contribution in [-0.4, -0.2) is 29.0 Å². The van der Waals surface area contributed by atoms with Crippen molar-refractivity contribution >= 4 is 5.65 Å². The minimum atomic E-state index is 0.0675. The molecular formula is C15H16N6O. The molecule has 0 spiro atoms. The van der Waals surface area contributed by atoms with Crippen molar-refractivity contribution in [3.63, 3.8) is 0 Å². The van der Waals surface area contributed by atoms with Gasteiger partial charge < -0.3 is 0 Å². The van der Waals surface area contributed by atoms with E-state index in [-0.39, 0.29) is 5.56 Å². The molecule has 0 radical (unpaired) electrons. The summed E-state index contributed by atoms with van der Waals surface area (Å²) in [6.45, 7) is 3.99. The van der Waals surface area contributed by atoms with E-state index in [1.807, 2.05) is 25.3 Å². The van der Waals surface area contributed by atoms with E-state index in [4.69, 9.17) is 0 Å². The summed E-state index contributed by atoms with van der Waals surface area (Å²) in [5, 5.41) is 4.09. The molecule has 3 aromatic heterocycles. The second kappa shape index (κ2) is 4.74. The van der Waals surface area contributed by atoms with Crippen LogP contribution in [0.25, 0.3) is 5.65 Å². The van der Waals surface area contributed by atoms with E-state index in [1.165, 1.54) is 0 Å². The van der Waals surface area contributed by atoms with Gasteiger partial charge in [-0.15, -0.1) is 0 Å². The lowest BCUT2D eigenvalue weighted by Crippen LogP contribution is -2.25. The molecule has 1 aliphatic heterocycles. The molecule has 0 bridgehead atoms. The molecular weight excluding hydrogens is 280 g/mol. The van der Waals surface area contributed by atoms with Gasteiger partial charge in [0.2, 0.25) is 0 Å². The summed E-state index contributed by atoms with van der Waals surface area (Å²) >= 11 is 0. The molecule has 0 fully saturated rings. The van der Waals surface area contributed by atoms with Crippen LogP contribution >= 0.6 is 0 Å². The maximum atomic E-state index is 12.3. The summed E-state index contributed by atoms with van der Waals surface area (Å²) in [6, 6.07) is 4.05. The zero-order valence-corrected chi connectivity index (χ0v) is 12.5. The molecule has 0 amide bonds. The van der Waals surface area contributed by atoms with Gasteiger partial charge in [-0.1, -0.05) is 0 Å². The third-order valence-electron chi connectivity index (χ3n) is 4.20. The minimum Gasteiger partial charge on any atom is -0.300 e. The topological polar surface area (TPSA) is 68.3 Å². The number of nitrogens with zero attached hydrogens (tertiary/aromatic N) is 6. The van der Waals surface area contributed by atoms with E-state index >= 15 is 0 Å². The van der Waals surface area contributed by atoms with Crippen molar-refractivity contribution in [3.8, 4) is 0 Å². The number of pyridine rings is 1. The van der Waals surface area contributed by atoms with E-state index in [1.54, 1.807) is 22.5 Å². The first-order valence-electron chi connectivity index (χ1n) is 7.18. The number of hydrogen-bond acceptors (Lipinski definition) is 5. The molecule has 0 atom stereocenters. The van der Waals surface area contributed by atoms with Crippen molar-refractivity contribution < 1.29 is 0 Å². The molecule has 22 heavy (non-hydrogen) atoms. The Kier molecular flexibility index (Phi) is 2.83. The van der Waals surface area contributed by atoms with Gasteiger partial charge in [0.1, 0.15) is 12.2 Å². The molecule has 0 unspecified atom stereocenters. The van der Waals surface area contributed by atoms with Crippen LogP contribution in [0.2, 0.25) is 0 Å². The Morgan fingerprint density at radius 3 is 3.05 bits per heavy atom. The van der Waals surface area contributed by atoms with Gasteiger partial charge in [-0.25, -0.2) is 14.5 Å². The van der Waals surface area contributed by atoms with Gasteiger partial charge in [0.05, 0.1) is 11.3 Å². The van der Waals surface area contributed by atoms with E-state index in [9.17, 15) is 4.79 Å². The summed E-state index contributed by atoms with van der Waals surface area (Å²) in [4.78, 5) is 23.3. The fourth-order valence-corrected chi connectivity index (χ4v) is 2.92. The fraction of sp³-hybridized carbons (Fsp3) is 0.333. The highest BCUT2D eigenvalue weighted by Gasteiger charge is 2.24. The van der Waals surface area contributed by atoms with Crippen molar-refractivity contribution in [2.75, 3.05) is 0 Å². The Hall–Kier alpha value is -2.54. The van der Waals surface area contributed by atoms with Crippen molar-refractivity contribution in [2.45, 2.75) is 26.6 Å². The Morgan fingerprint density at radius 1 is 1.32 bits per heavy atom. The largest absolute Gasteiger partial charge is 0.300 e. The lowest BCUT2D eigenvalue weighted by Gasteiger charge is -2.14. The molecule has 0 aromatic carbocycles. The number of hydrogen-bond donors (Lipinski definition) is 0. The van der Waals surface area contributed by atoms with Crippen LogP contribution in [0.5, 0.6) is 0 Å². The molecule has 0 aliphatic carbocycles. The SMILES string of the molecule is Cc1nc2c(c(=O)n1C)CN(Cc1ccn3ncnc3c1)C2. The Labute approximate surface area is 126 Å². The molecule has 112 valence electrons. The second-order valence-corrected chi connectivity index (χ2v) is 5.69. The molecule has 0 N–H and O–H groups in total. The number of fused-ring (bicyclic) bond motifs is 2. The number of aryl methyl sites for hydroxylation is 1. The van der Waals surface area contributed by atoms with Crippen LogP contribution in [0, 0.1) is 6.92 Å². The lowest BCUT2D eigenvalue weighted by atomic mass is 10.2. The second-order valence-electron chi connectivity index (χ2n) is 5.69. The van der Waals surface area contributed by atoms with Crippen molar-refractivity contribution in [2.24, 2.45) is 7.05 Å². The first-order chi connectivity index (χ1) is 10.6. The predicted molar refractivity (Wildman–Crippen MR) is 80.2 cm³/mol. The van der Waals surface area contributed by atoms with Gasteiger partial charge in [0.15, 0.2) is 5.65 Å². The van der Waals surface area contributed by atoms with Gasteiger partial charge in [-0.3, -0.25) is 14.3 Å². The fourth-order valence-electron chi connectivity index (χ4n) is 2.92. The van der Waals surface area contributed by atoms with Gasteiger partial charge in [0, 0.05) is 32.9 Å². The Morgan fingerprint density at radius 2 is 2.18 bits per heavy atom. The normalized spacial score (nSPS) is 14.6.